The van der Waals surface area contributed by atoms with Crippen LogP contribution in [-0.4, -0.2) is 12.0 Å². The van der Waals surface area contributed by atoms with Gasteiger partial charge in [0.05, 0.1) is 0 Å². The van der Waals surface area contributed by atoms with E-state index in [1.54, 1.807) is 0 Å². The molecule has 20 heavy (non-hydrogen) atoms. The second-order valence-electron chi connectivity index (χ2n) is 4.77. The summed E-state index contributed by atoms with van der Waals surface area (Å²) < 4.78 is 5.64. The number of para-hydroxylation sites is 1. The molecule has 1 N–H and O–H groups in total. The molecular formula is C16H14ClNO2. The van der Waals surface area contributed by atoms with E-state index in [0.29, 0.717) is 18.0 Å². The highest BCUT2D eigenvalue weighted by molar-refractivity contribution is 6.30. The van der Waals surface area contributed by atoms with Crippen molar-refractivity contribution in [1.82, 2.24) is 5.32 Å². The molecule has 0 aliphatic carbocycles. The maximum atomic E-state index is 12.1. The highest BCUT2D eigenvalue weighted by Crippen LogP contribution is 2.28. The minimum atomic E-state index is -0.438. The summed E-state index contributed by atoms with van der Waals surface area (Å²) in [6.45, 7) is 0.454. The fourth-order valence-corrected chi connectivity index (χ4v) is 2.49. The highest BCUT2D eigenvalue weighted by Gasteiger charge is 2.28. The van der Waals surface area contributed by atoms with Crippen molar-refractivity contribution in [2.45, 2.75) is 19.1 Å². The number of ether oxygens (including phenoxy) is 1. The molecule has 0 spiro atoms. The van der Waals surface area contributed by atoms with Gasteiger partial charge in [0.1, 0.15) is 5.75 Å². The van der Waals surface area contributed by atoms with E-state index in [2.05, 4.69) is 5.32 Å². The number of hydrogen-bond donors (Lipinski definition) is 1. The molecule has 4 heteroatoms. The smallest absolute Gasteiger partial charge is 0.261 e. The maximum Gasteiger partial charge on any atom is 0.261 e. The Morgan fingerprint density at radius 1 is 1.25 bits per heavy atom. The molecule has 1 atom stereocenters. The van der Waals surface area contributed by atoms with Gasteiger partial charge in [-0.3, -0.25) is 4.79 Å². The first-order valence-corrected chi connectivity index (χ1v) is 6.87. The molecule has 0 radical (unpaired) electrons. The first-order chi connectivity index (χ1) is 9.72. The van der Waals surface area contributed by atoms with Gasteiger partial charge < -0.3 is 10.1 Å². The fourth-order valence-electron chi connectivity index (χ4n) is 2.28. The Bertz CT molecular complexity index is 617. The van der Waals surface area contributed by atoms with Gasteiger partial charge in [-0.15, -0.1) is 0 Å². The van der Waals surface area contributed by atoms with Gasteiger partial charge in [-0.2, -0.15) is 0 Å². The molecule has 0 unspecified atom stereocenters. The largest absolute Gasteiger partial charge is 0.480 e. The van der Waals surface area contributed by atoms with Crippen LogP contribution < -0.4 is 10.1 Å². The maximum absolute atomic E-state index is 12.1. The van der Waals surface area contributed by atoms with Gasteiger partial charge in [0.15, 0.2) is 6.10 Å². The number of carbonyl (C=O) groups is 1. The van der Waals surface area contributed by atoms with Gasteiger partial charge in [0.2, 0.25) is 0 Å². The molecule has 1 aliphatic heterocycles. The number of carbonyl (C=O) groups excluding carboxylic acids is 1. The zero-order valence-corrected chi connectivity index (χ0v) is 11.6. The quantitative estimate of drug-likeness (QED) is 0.942. The van der Waals surface area contributed by atoms with Crippen LogP contribution in [0.5, 0.6) is 5.75 Å². The lowest BCUT2D eigenvalue weighted by Crippen LogP contribution is -2.36. The van der Waals surface area contributed by atoms with Crippen LogP contribution >= 0.6 is 11.6 Å². The number of halogens is 1. The number of rotatable bonds is 3. The van der Waals surface area contributed by atoms with E-state index in [0.717, 1.165) is 16.9 Å². The van der Waals surface area contributed by atoms with Crippen molar-refractivity contribution in [2.24, 2.45) is 0 Å². The van der Waals surface area contributed by atoms with Crippen molar-refractivity contribution in [3.8, 4) is 5.75 Å². The highest BCUT2D eigenvalue weighted by atomic mass is 35.5. The zero-order chi connectivity index (χ0) is 13.9. The third kappa shape index (κ3) is 2.78. The Labute approximate surface area is 122 Å². The summed E-state index contributed by atoms with van der Waals surface area (Å²) in [4.78, 5) is 12.1. The molecule has 0 saturated carbocycles. The van der Waals surface area contributed by atoms with E-state index in [1.165, 1.54) is 0 Å². The Morgan fingerprint density at radius 2 is 2.10 bits per heavy atom. The fraction of sp³-hybridized carbons (Fsp3) is 0.188. The second kappa shape index (κ2) is 5.55. The lowest BCUT2D eigenvalue weighted by molar-refractivity contribution is -0.127. The van der Waals surface area contributed by atoms with Crippen LogP contribution in [0.2, 0.25) is 5.02 Å². The van der Waals surface area contributed by atoms with Crippen molar-refractivity contribution < 1.29 is 9.53 Å². The van der Waals surface area contributed by atoms with Crippen LogP contribution in [0.25, 0.3) is 0 Å². The van der Waals surface area contributed by atoms with Gasteiger partial charge >= 0.3 is 0 Å². The molecule has 0 saturated heterocycles. The minimum Gasteiger partial charge on any atom is -0.480 e. The summed E-state index contributed by atoms with van der Waals surface area (Å²) >= 11 is 5.91. The van der Waals surface area contributed by atoms with Crippen LogP contribution in [0.1, 0.15) is 11.1 Å². The van der Waals surface area contributed by atoms with Crippen molar-refractivity contribution in [3.05, 3.63) is 64.7 Å². The van der Waals surface area contributed by atoms with Crippen molar-refractivity contribution in [2.75, 3.05) is 0 Å². The molecule has 0 fully saturated rings. The van der Waals surface area contributed by atoms with Crippen molar-refractivity contribution in [3.63, 3.8) is 0 Å². The van der Waals surface area contributed by atoms with Gasteiger partial charge in [0.25, 0.3) is 5.91 Å². The normalized spacial score (nSPS) is 16.4. The predicted molar refractivity (Wildman–Crippen MR) is 77.9 cm³/mol. The molecule has 1 heterocycles. The third-order valence-electron chi connectivity index (χ3n) is 3.30. The summed E-state index contributed by atoms with van der Waals surface area (Å²) in [6.07, 6.45) is 0.184. The number of benzene rings is 2. The number of nitrogens with one attached hydrogen (secondary N) is 1. The third-order valence-corrected chi connectivity index (χ3v) is 3.53. The molecule has 102 valence electrons. The SMILES string of the molecule is O=C(NCc1cccc(Cl)c1)[C@@H]1Cc2ccccc2O1. The van der Waals surface area contributed by atoms with Gasteiger partial charge in [0, 0.05) is 18.0 Å². The second-order valence-corrected chi connectivity index (χ2v) is 5.20. The predicted octanol–water partition coefficient (Wildman–Crippen LogP) is 2.96. The van der Waals surface area contributed by atoms with Crippen LogP contribution in [0.15, 0.2) is 48.5 Å². The topological polar surface area (TPSA) is 38.3 Å². The molecule has 2 aromatic carbocycles. The summed E-state index contributed by atoms with van der Waals surface area (Å²) in [7, 11) is 0. The standard InChI is InChI=1S/C16H14ClNO2/c17-13-6-3-4-11(8-13)10-18-16(19)15-9-12-5-1-2-7-14(12)20-15/h1-8,15H,9-10H2,(H,18,19)/t15-/m0/s1. The van der Waals surface area contributed by atoms with E-state index < -0.39 is 6.10 Å². The molecule has 1 aliphatic rings. The average molecular weight is 288 g/mol. The van der Waals surface area contributed by atoms with Gasteiger partial charge in [-0.05, 0) is 29.3 Å². The Balaban J connectivity index is 1.59. The van der Waals surface area contributed by atoms with Crippen LogP contribution in [0, 0.1) is 0 Å². The van der Waals surface area contributed by atoms with Crippen LogP contribution in [-0.2, 0) is 17.8 Å². The molecule has 2 aromatic rings. The van der Waals surface area contributed by atoms with Crippen LogP contribution in [0.3, 0.4) is 0 Å². The van der Waals surface area contributed by atoms with E-state index in [-0.39, 0.29) is 5.91 Å². The lowest BCUT2D eigenvalue weighted by Gasteiger charge is -2.11. The van der Waals surface area contributed by atoms with E-state index >= 15 is 0 Å². The average Bonchev–Trinajstić information content (AvgIpc) is 2.89. The van der Waals surface area contributed by atoms with E-state index in [4.69, 9.17) is 16.3 Å². The summed E-state index contributed by atoms with van der Waals surface area (Å²) in [5, 5.41) is 3.55. The van der Waals surface area contributed by atoms with Crippen molar-refractivity contribution in [1.29, 1.82) is 0 Å². The summed E-state index contributed by atoms with van der Waals surface area (Å²) in [5.41, 5.74) is 2.05. The number of amides is 1. The molecule has 0 aromatic heterocycles. The van der Waals surface area contributed by atoms with E-state index in [9.17, 15) is 4.79 Å². The minimum absolute atomic E-state index is 0.0961. The molecule has 3 rings (SSSR count). The Hall–Kier alpha value is -2.00. The molecule has 1 amide bonds. The van der Waals surface area contributed by atoms with Gasteiger partial charge in [-0.25, -0.2) is 0 Å². The lowest BCUT2D eigenvalue weighted by atomic mass is 10.1. The first-order valence-electron chi connectivity index (χ1n) is 6.49. The van der Waals surface area contributed by atoms with Crippen molar-refractivity contribution >= 4 is 17.5 Å². The zero-order valence-electron chi connectivity index (χ0n) is 10.8. The van der Waals surface area contributed by atoms with E-state index in [1.807, 2.05) is 48.5 Å². The first kappa shape index (κ1) is 13.0. The summed E-state index contributed by atoms with van der Waals surface area (Å²) in [5.74, 6) is 0.705. The van der Waals surface area contributed by atoms with Crippen LogP contribution in [0.4, 0.5) is 0 Å². The molecule has 0 bridgehead atoms. The monoisotopic (exact) mass is 287 g/mol. The van der Waals surface area contributed by atoms with Gasteiger partial charge in [-0.1, -0.05) is 41.9 Å². The number of fused-ring (bicyclic) bond motifs is 1. The Kier molecular flexibility index (Phi) is 3.61. The Morgan fingerprint density at radius 3 is 2.90 bits per heavy atom. The number of hydrogen-bond acceptors (Lipinski definition) is 2. The molecular weight excluding hydrogens is 274 g/mol. The molecule has 3 nitrogen and oxygen atoms in total. The summed E-state index contributed by atoms with van der Waals surface area (Å²) in [6, 6.07) is 15.2.